The third kappa shape index (κ3) is 3.58. The Bertz CT molecular complexity index is 133. The molecule has 0 rings (SSSR count). The summed E-state index contributed by atoms with van der Waals surface area (Å²) in [4.78, 5) is 0. The zero-order chi connectivity index (χ0) is 11.2. The van der Waals surface area contributed by atoms with Gasteiger partial charge < -0.3 is 10.5 Å². The second-order valence-electron chi connectivity index (χ2n) is 4.55. The van der Waals surface area contributed by atoms with Gasteiger partial charge in [0.1, 0.15) is 0 Å². The highest BCUT2D eigenvalue weighted by Crippen LogP contribution is 2.26. The first-order chi connectivity index (χ1) is 6.52. The highest BCUT2D eigenvalue weighted by molar-refractivity contribution is 4.89. The molecular formula is C12H27NO. The number of hydrogen-bond acceptors (Lipinski definition) is 2. The first-order valence-corrected chi connectivity index (χ1v) is 5.83. The average Bonchev–Trinajstić information content (AvgIpc) is 2.18. The number of ether oxygens (including phenoxy) is 1. The summed E-state index contributed by atoms with van der Waals surface area (Å²) in [5, 5.41) is 0. The van der Waals surface area contributed by atoms with Crippen molar-refractivity contribution in [2.45, 2.75) is 65.0 Å². The highest BCUT2D eigenvalue weighted by Gasteiger charge is 2.32. The molecule has 0 bridgehead atoms. The first kappa shape index (κ1) is 13.9. The zero-order valence-electron chi connectivity index (χ0n) is 10.5. The molecule has 2 nitrogen and oxygen atoms in total. The molecule has 0 aliphatic rings. The van der Waals surface area contributed by atoms with E-state index in [1.807, 2.05) is 0 Å². The first-order valence-electron chi connectivity index (χ1n) is 5.83. The summed E-state index contributed by atoms with van der Waals surface area (Å²) in [5.74, 6) is 0.726. The predicted molar refractivity (Wildman–Crippen MR) is 62.4 cm³/mol. The highest BCUT2D eigenvalue weighted by atomic mass is 16.5. The van der Waals surface area contributed by atoms with Crippen molar-refractivity contribution in [2.24, 2.45) is 11.7 Å². The fraction of sp³-hybridized carbons (Fsp3) is 1.00. The van der Waals surface area contributed by atoms with E-state index in [-0.39, 0.29) is 11.6 Å². The van der Waals surface area contributed by atoms with E-state index in [1.165, 1.54) is 6.42 Å². The van der Waals surface area contributed by atoms with Crippen LogP contribution in [0.15, 0.2) is 0 Å². The van der Waals surface area contributed by atoms with Gasteiger partial charge in [-0.05, 0) is 31.6 Å². The van der Waals surface area contributed by atoms with Crippen molar-refractivity contribution in [1.29, 1.82) is 0 Å². The van der Waals surface area contributed by atoms with Gasteiger partial charge in [-0.15, -0.1) is 0 Å². The van der Waals surface area contributed by atoms with Crippen LogP contribution in [0.4, 0.5) is 0 Å². The van der Waals surface area contributed by atoms with Crippen molar-refractivity contribution in [1.82, 2.24) is 0 Å². The summed E-state index contributed by atoms with van der Waals surface area (Å²) >= 11 is 0. The maximum Gasteiger partial charge on any atom is 0.0823 e. The van der Waals surface area contributed by atoms with Crippen molar-refractivity contribution >= 4 is 0 Å². The average molecular weight is 201 g/mol. The molecule has 0 aromatic carbocycles. The summed E-state index contributed by atoms with van der Waals surface area (Å²) in [6.45, 7) is 8.78. The molecule has 1 atom stereocenters. The minimum Gasteiger partial charge on any atom is -0.377 e. The van der Waals surface area contributed by atoms with E-state index >= 15 is 0 Å². The van der Waals surface area contributed by atoms with E-state index in [0.717, 1.165) is 25.2 Å². The van der Waals surface area contributed by atoms with Gasteiger partial charge in [0.15, 0.2) is 0 Å². The second-order valence-corrected chi connectivity index (χ2v) is 4.55. The molecular weight excluding hydrogens is 174 g/mol. The number of rotatable bonds is 7. The lowest BCUT2D eigenvalue weighted by molar-refractivity contribution is -0.0403. The number of hydrogen-bond donors (Lipinski definition) is 1. The Morgan fingerprint density at radius 3 is 1.93 bits per heavy atom. The quantitative estimate of drug-likeness (QED) is 0.687. The van der Waals surface area contributed by atoms with Crippen molar-refractivity contribution in [2.75, 3.05) is 7.11 Å². The van der Waals surface area contributed by atoms with E-state index in [4.69, 9.17) is 10.5 Å². The van der Waals surface area contributed by atoms with Gasteiger partial charge in [-0.2, -0.15) is 0 Å². The molecule has 0 aromatic rings. The van der Waals surface area contributed by atoms with Crippen LogP contribution in [0, 0.1) is 5.92 Å². The maximum atomic E-state index is 6.21. The molecule has 0 amide bonds. The zero-order valence-corrected chi connectivity index (χ0v) is 10.5. The Morgan fingerprint density at radius 2 is 1.64 bits per heavy atom. The summed E-state index contributed by atoms with van der Waals surface area (Å²) in [6, 6.07) is 0.171. The fourth-order valence-corrected chi connectivity index (χ4v) is 1.99. The lowest BCUT2D eigenvalue weighted by Crippen LogP contribution is -2.48. The molecule has 0 saturated carbocycles. The lowest BCUT2D eigenvalue weighted by atomic mass is 9.85. The van der Waals surface area contributed by atoms with Crippen molar-refractivity contribution in [3.63, 3.8) is 0 Å². The Morgan fingerprint density at radius 1 is 1.14 bits per heavy atom. The lowest BCUT2D eigenvalue weighted by Gasteiger charge is -2.36. The molecule has 0 heterocycles. The van der Waals surface area contributed by atoms with Gasteiger partial charge >= 0.3 is 0 Å². The van der Waals surface area contributed by atoms with E-state index < -0.39 is 0 Å². The van der Waals surface area contributed by atoms with Crippen molar-refractivity contribution < 1.29 is 4.74 Å². The summed E-state index contributed by atoms with van der Waals surface area (Å²) in [7, 11) is 1.78. The molecule has 14 heavy (non-hydrogen) atoms. The van der Waals surface area contributed by atoms with E-state index in [9.17, 15) is 0 Å². The van der Waals surface area contributed by atoms with Crippen LogP contribution >= 0.6 is 0 Å². The van der Waals surface area contributed by atoms with Gasteiger partial charge in [0.25, 0.3) is 0 Å². The van der Waals surface area contributed by atoms with Crippen LogP contribution in [-0.2, 0) is 4.74 Å². The van der Waals surface area contributed by atoms with Gasteiger partial charge in [0.05, 0.1) is 5.60 Å². The normalized spacial score (nSPS) is 14.8. The van der Waals surface area contributed by atoms with Gasteiger partial charge in [-0.3, -0.25) is 0 Å². The minimum absolute atomic E-state index is 0.102. The molecule has 1 unspecified atom stereocenters. The predicted octanol–water partition coefficient (Wildman–Crippen LogP) is 2.96. The van der Waals surface area contributed by atoms with Crippen LogP contribution in [0.1, 0.15) is 53.4 Å². The molecule has 0 fully saturated rings. The van der Waals surface area contributed by atoms with Crippen LogP contribution in [0.2, 0.25) is 0 Å². The molecule has 2 N–H and O–H groups in total. The second kappa shape index (κ2) is 6.41. The summed E-state index contributed by atoms with van der Waals surface area (Å²) in [5.41, 5.74) is 6.11. The largest absolute Gasteiger partial charge is 0.377 e. The summed E-state index contributed by atoms with van der Waals surface area (Å²) in [6.07, 6.45) is 4.25. The van der Waals surface area contributed by atoms with Crippen LogP contribution in [0.25, 0.3) is 0 Å². The fourth-order valence-electron chi connectivity index (χ4n) is 1.99. The molecule has 2 heteroatoms. The van der Waals surface area contributed by atoms with Gasteiger partial charge in [0.2, 0.25) is 0 Å². The van der Waals surface area contributed by atoms with Gasteiger partial charge in [-0.25, -0.2) is 0 Å². The monoisotopic (exact) mass is 201 g/mol. The molecule has 0 radical (unpaired) electrons. The Labute approximate surface area is 89.2 Å². The molecule has 0 spiro atoms. The van der Waals surface area contributed by atoms with E-state index in [0.29, 0.717) is 0 Å². The SMILES string of the molecule is CCC(CC)(OC)C(N)CCC(C)C. The molecule has 0 aliphatic heterocycles. The Kier molecular flexibility index (Phi) is 6.38. The standard InChI is InChI=1S/C12H27NO/c1-6-12(7-2,14-5)11(13)9-8-10(3)4/h10-11H,6-9,13H2,1-5H3. The van der Waals surface area contributed by atoms with Crippen LogP contribution in [-0.4, -0.2) is 18.8 Å². The van der Waals surface area contributed by atoms with Crippen molar-refractivity contribution in [3.8, 4) is 0 Å². The summed E-state index contributed by atoms with van der Waals surface area (Å²) < 4.78 is 5.61. The molecule has 0 aromatic heterocycles. The third-order valence-electron chi connectivity index (χ3n) is 3.33. The smallest absolute Gasteiger partial charge is 0.0823 e. The topological polar surface area (TPSA) is 35.2 Å². The number of nitrogens with two attached hydrogens (primary N) is 1. The Hall–Kier alpha value is -0.0800. The van der Waals surface area contributed by atoms with E-state index in [1.54, 1.807) is 7.11 Å². The van der Waals surface area contributed by atoms with Crippen molar-refractivity contribution in [3.05, 3.63) is 0 Å². The molecule has 86 valence electrons. The number of methoxy groups -OCH3 is 1. The third-order valence-corrected chi connectivity index (χ3v) is 3.33. The Balaban J connectivity index is 4.21. The van der Waals surface area contributed by atoms with Gasteiger partial charge in [-0.1, -0.05) is 27.7 Å². The van der Waals surface area contributed by atoms with Crippen LogP contribution in [0.5, 0.6) is 0 Å². The molecule has 0 saturated heterocycles. The van der Waals surface area contributed by atoms with Crippen LogP contribution < -0.4 is 5.73 Å². The van der Waals surface area contributed by atoms with Crippen LogP contribution in [0.3, 0.4) is 0 Å². The maximum absolute atomic E-state index is 6.21. The van der Waals surface area contributed by atoms with Gasteiger partial charge in [0, 0.05) is 13.2 Å². The minimum atomic E-state index is -0.102. The molecule has 0 aliphatic carbocycles. The van der Waals surface area contributed by atoms with E-state index in [2.05, 4.69) is 27.7 Å².